The fraction of sp³-hybridized carbons (Fsp3) is 0.667. The molecule has 2 aliphatic heterocycles. The SMILES string of the molecule is C[C@H]1C[C@@]2(C=CC(=O)N2)CCN1. The van der Waals surface area contributed by atoms with Gasteiger partial charge < -0.3 is 10.6 Å². The lowest BCUT2D eigenvalue weighted by molar-refractivity contribution is -0.117. The summed E-state index contributed by atoms with van der Waals surface area (Å²) in [7, 11) is 0. The van der Waals surface area contributed by atoms with Gasteiger partial charge in [0.15, 0.2) is 0 Å². The van der Waals surface area contributed by atoms with Crippen molar-refractivity contribution in [3.8, 4) is 0 Å². The Morgan fingerprint density at radius 2 is 2.50 bits per heavy atom. The van der Waals surface area contributed by atoms with Crippen molar-refractivity contribution in [2.45, 2.75) is 31.3 Å². The third kappa shape index (κ3) is 1.25. The highest BCUT2D eigenvalue weighted by molar-refractivity contribution is 5.91. The summed E-state index contributed by atoms with van der Waals surface area (Å²) in [6.45, 7) is 3.14. The standard InChI is InChI=1S/C9H14N2O/c1-7-6-9(4-5-10-7)3-2-8(12)11-9/h2-3,7,10H,4-6H2,1H3,(H,11,12)/t7-,9+/m0/s1. The summed E-state index contributed by atoms with van der Waals surface area (Å²) in [6.07, 6.45) is 5.69. The van der Waals surface area contributed by atoms with Crippen molar-refractivity contribution in [2.24, 2.45) is 0 Å². The molecule has 1 fully saturated rings. The van der Waals surface area contributed by atoms with Crippen molar-refractivity contribution < 1.29 is 4.79 Å². The second-order valence-corrected chi connectivity index (χ2v) is 3.79. The molecule has 1 saturated heterocycles. The van der Waals surface area contributed by atoms with Gasteiger partial charge in [-0.1, -0.05) is 6.08 Å². The predicted molar refractivity (Wildman–Crippen MR) is 46.7 cm³/mol. The molecule has 1 spiro atoms. The summed E-state index contributed by atoms with van der Waals surface area (Å²) in [4.78, 5) is 11.0. The number of hydrogen-bond donors (Lipinski definition) is 2. The first kappa shape index (κ1) is 7.80. The summed E-state index contributed by atoms with van der Waals surface area (Å²) in [6, 6.07) is 0.502. The van der Waals surface area contributed by atoms with Gasteiger partial charge in [-0.05, 0) is 26.3 Å². The second-order valence-electron chi connectivity index (χ2n) is 3.79. The maximum atomic E-state index is 11.0. The summed E-state index contributed by atoms with van der Waals surface area (Å²) >= 11 is 0. The van der Waals surface area contributed by atoms with E-state index in [9.17, 15) is 4.79 Å². The van der Waals surface area contributed by atoms with Crippen molar-refractivity contribution in [1.29, 1.82) is 0 Å². The molecule has 3 heteroatoms. The van der Waals surface area contributed by atoms with Gasteiger partial charge in [0, 0.05) is 12.1 Å². The van der Waals surface area contributed by atoms with Crippen molar-refractivity contribution in [2.75, 3.05) is 6.54 Å². The molecular weight excluding hydrogens is 152 g/mol. The lowest BCUT2D eigenvalue weighted by Gasteiger charge is -2.36. The zero-order valence-corrected chi connectivity index (χ0v) is 7.26. The molecule has 0 aromatic heterocycles. The number of piperidine rings is 1. The van der Waals surface area contributed by atoms with Crippen LogP contribution in [0, 0.1) is 0 Å². The largest absolute Gasteiger partial charge is 0.344 e. The van der Waals surface area contributed by atoms with Crippen molar-refractivity contribution >= 4 is 5.91 Å². The minimum Gasteiger partial charge on any atom is -0.344 e. The highest BCUT2D eigenvalue weighted by atomic mass is 16.1. The van der Waals surface area contributed by atoms with Crippen molar-refractivity contribution in [3.63, 3.8) is 0 Å². The fourth-order valence-corrected chi connectivity index (χ4v) is 2.09. The zero-order valence-electron chi connectivity index (χ0n) is 7.26. The van der Waals surface area contributed by atoms with Crippen LogP contribution in [-0.2, 0) is 4.79 Å². The van der Waals surface area contributed by atoms with Gasteiger partial charge in [0.05, 0.1) is 5.54 Å². The lowest BCUT2D eigenvalue weighted by atomic mass is 9.86. The van der Waals surface area contributed by atoms with E-state index in [0.717, 1.165) is 19.4 Å². The van der Waals surface area contributed by atoms with Gasteiger partial charge in [0.25, 0.3) is 0 Å². The van der Waals surface area contributed by atoms with E-state index >= 15 is 0 Å². The van der Waals surface area contributed by atoms with E-state index < -0.39 is 0 Å². The first-order valence-electron chi connectivity index (χ1n) is 4.45. The highest BCUT2D eigenvalue weighted by Crippen LogP contribution is 2.25. The fourth-order valence-electron chi connectivity index (χ4n) is 2.09. The van der Waals surface area contributed by atoms with Gasteiger partial charge in [0.1, 0.15) is 0 Å². The topological polar surface area (TPSA) is 41.1 Å². The average Bonchev–Trinajstić information content (AvgIpc) is 2.32. The van der Waals surface area contributed by atoms with Crippen LogP contribution in [0.3, 0.4) is 0 Å². The molecule has 1 amide bonds. The molecule has 2 rings (SSSR count). The van der Waals surface area contributed by atoms with E-state index in [0.29, 0.717) is 6.04 Å². The Morgan fingerprint density at radius 3 is 3.08 bits per heavy atom. The maximum Gasteiger partial charge on any atom is 0.244 e. The molecule has 2 N–H and O–H groups in total. The van der Waals surface area contributed by atoms with Crippen molar-refractivity contribution in [3.05, 3.63) is 12.2 Å². The molecule has 0 radical (unpaired) electrons. The maximum absolute atomic E-state index is 11.0. The van der Waals surface area contributed by atoms with E-state index in [-0.39, 0.29) is 11.4 Å². The first-order valence-corrected chi connectivity index (χ1v) is 4.45. The van der Waals surface area contributed by atoms with Crippen LogP contribution < -0.4 is 10.6 Å². The minimum atomic E-state index is -0.0260. The van der Waals surface area contributed by atoms with Crippen LogP contribution in [-0.4, -0.2) is 24.0 Å². The molecule has 2 heterocycles. The smallest absolute Gasteiger partial charge is 0.244 e. The predicted octanol–water partition coefficient (Wildman–Crippen LogP) is 0.183. The Labute approximate surface area is 72.2 Å². The van der Waals surface area contributed by atoms with Gasteiger partial charge >= 0.3 is 0 Å². The summed E-state index contributed by atoms with van der Waals surface area (Å²) in [5.74, 6) is 0.0594. The molecule has 2 atom stereocenters. The molecule has 0 aromatic carbocycles. The number of carbonyl (C=O) groups excluding carboxylic acids is 1. The summed E-state index contributed by atoms with van der Waals surface area (Å²) in [5, 5.41) is 6.37. The van der Waals surface area contributed by atoms with E-state index in [1.165, 1.54) is 0 Å². The molecule has 0 saturated carbocycles. The third-order valence-electron chi connectivity index (χ3n) is 2.66. The molecular formula is C9H14N2O. The summed E-state index contributed by atoms with van der Waals surface area (Å²) in [5.41, 5.74) is -0.0260. The quantitative estimate of drug-likeness (QED) is 0.539. The molecule has 66 valence electrons. The van der Waals surface area contributed by atoms with Gasteiger partial charge in [-0.2, -0.15) is 0 Å². The van der Waals surface area contributed by atoms with Crippen LogP contribution in [0.4, 0.5) is 0 Å². The van der Waals surface area contributed by atoms with E-state index in [2.05, 4.69) is 17.6 Å². The number of amides is 1. The van der Waals surface area contributed by atoms with E-state index in [1.54, 1.807) is 6.08 Å². The van der Waals surface area contributed by atoms with Crippen molar-refractivity contribution in [1.82, 2.24) is 10.6 Å². The van der Waals surface area contributed by atoms with Gasteiger partial charge in [0.2, 0.25) is 5.91 Å². The average molecular weight is 166 g/mol. The Bertz CT molecular complexity index is 237. The minimum absolute atomic E-state index is 0.0260. The van der Waals surface area contributed by atoms with Crippen LogP contribution in [0.25, 0.3) is 0 Å². The third-order valence-corrected chi connectivity index (χ3v) is 2.66. The Kier molecular flexibility index (Phi) is 1.68. The van der Waals surface area contributed by atoms with Crippen LogP contribution in [0.5, 0.6) is 0 Å². The van der Waals surface area contributed by atoms with E-state index in [1.807, 2.05) is 6.08 Å². The number of nitrogens with one attached hydrogen (secondary N) is 2. The van der Waals surface area contributed by atoms with Crippen LogP contribution in [0.1, 0.15) is 19.8 Å². The molecule has 0 unspecified atom stereocenters. The second kappa shape index (κ2) is 2.59. The molecule has 2 aliphatic rings. The molecule has 0 aromatic rings. The number of hydrogen-bond acceptors (Lipinski definition) is 2. The zero-order chi connectivity index (χ0) is 8.60. The van der Waals surface area contributed by atoms with Gasteiger partial charge in [-0.25, -0.2) is 0 Å². The normalized spacial score (nSPS) is 40.4. The lowest BCUT2D eigenvalue weighted by Crippen LogP contribution is -2.52. The van der Waals surface area contributed by atoms with Gasteiger partial charge in [-0.15, -0.1) is 0 Å². The molecule has 0 bridgehead atoms. The van der Waals surface area contributed by atoms with Crippen LogP contribution in [0.15, 0.2) is 12.2 Å². The van der Waals surface area contributed by atoms with Gasteiger partial charge in [-0.3, -0.25) is 4.79 Å². The monoisotopic (exact) mass is 166 g/mol. The van der Waals surface area contributed by atoms with E-state index in [4.69, 9.17) is 0 Å². The Morgan fingerprint density at radius 1 is 1.67 bits per heavy atom. The molecule has 0 aliphatic carbocycles. The number of carbonyl (C=O) groups is 1. The summed E-state index contributed by atoms with van der Waals surface area (Å²) < 4.78 is 0. The number of rotatable bonds is 0. The molecule has 12 heavy (non-hydrogen) atoms. The molecule has 3 nitrogen and oxygen atoms in total. The van der Waals surface area contributed by atoms with Crippen LogP contribution in [0.2, 0.25) is 0 Å². The Hall–Kier alpha value is -0.830. The van der Waals surface area contributed by atoms with Crippen LogP contribution >= 0.6 is 0 Å². The first-order chi connectivity index (χ1) is 5.70. The highest BCUT2D eigenvalue weighted by Gasteiger charge is 2.36. The Balaban J connectivity index is 2.11.